The van der Waals surface area contributed by atoms with Crippen molar-refractivity contribution >= 4 is 18.1 Å². The van der Waals surface area contributed by atoms with Crippen LogP contribution in [0.2, 0.25) is 16.6 Å². The number of sulfonamides is 1. The van der Waals surface area contributed by atoms with Gasteiger partial charge in [0.2, 0.25) is 10.0 Å². The molecule has 0 unspecified atom stereocenters. The Hall–Kier alpha value is -1.35. The molecule has 1 aromatic rings. The van der Waals surface area contributed by atoms with Gasteiger partial charge >= 0.3 is 0 Å². The lowest BCUT2D eigenvalue weighted by Crippen LogP contribution is -2.53. The third-order valence-electron chi connectivity index (χ3n) is 7.44. The molecule has 1 fully saturated rings. The molecule has 3 nitrogen and oxygen atoms in total. The van der Waals surface area contributed by atoms with E-state index in [4.69, 9.17) is 0 Å². The highest BCUT2D eigenvalue weighted by molar-refractivity contribution is 7.89. The van der Waals surface area contributed by atoms with Crippen LogP contribution in [0.15, 0.2) is 41.8 Å². The van der Waals surface area contributed by atoms with Crippen LogP contribution in [0.3, 0.4) is 0 Å². The van der Waals surface area contributed by atoms with E-state index in [0.29, 0.717) is 21.5 Å². The van der Waals surface area contributed by atoms with Crippen LogP contribution in [0.25, 0.3) is 0 Å². The minimum atomic E-state index is -3.69. The Kier molecular flexibility index (Phi) is 9.01. The van der Waals surface area contributed by atoms with Crippen molar-refractivity contribution in [1.29, 1.82) is 0 Å². The van der Waals surface area contributed by atoms with Crippen molar-refractivity contribution in [3.8, 4) is 11.5 Å². The summed E-state index contributed by atoms with van der Waals surface area (Å²) in [7, 11) is -5.67. The summed E-state index contributed by atoms with van der Waals surface area (Å²) >= 11 is 0. The predicted octanol–water partition coefficient (Wildman–Crippen LogP) is 7.10. The van der Waals surface area contributed by atoms with Crippen LogP contribution in [-0.2, 0) is 10.0 Å². The molecule has 0 atom stereocenters. The van der Waals surface area contributed by atoms with Crippen molar-refractivity contribution in [2.75, 3.05) is 6.54 Å². The van der Waals surface area contributed by atoms with Crippen molar-refractivity contribution in [1.82, 2.24) is 4.31 Å². The first-order chi connectivity index (χ1) is 14.9. The van der Waals surface area contributed by atoms with Gasteiger partial charge in [-0.15, -0.1) is 12.1 Å². The van der Waals surface area contributed by atoms with E-state index in [9.17, 15) is 8.42 Å². The SMILES string of the molecule is C=CCN(C1(C#C[Si](C(C)C)(C(C)C)C(C)C)CCCCC1)S(=O)(=O)c1ccc(C)cc1. The third-order valence-corrected chi connectivity index (χ3v) is 15.7. The zero-order valence-electron chi connectivity index (χ0n) is 21.2. The van der Waals surface area contributed by atoms with Crippen molar-refractivity contribution in [2.24, 2.45) is 0 Å². The summed E-state index contributed by atoms with van der Waals surface area (Å²) in [6.45, 7) is 20.0. The lowest BCUT2D eigenvalue weighted by molar-refractivity contribution is 0.201. The maximum absolute atomic E-state index is 13.9. The molecule has 1 aromatic carbocycles. The molecule has 0 radical (unpaired) electrons. The number of benzene rings is 1. The third kappa shape index (κ3) is 5.24. The molecule has 0 N–H and O–H groups in total. The smallest absolute Gasteiger partial charge is 0.207 e. The zero-order valence-corrected chi connectivity index (χ0v) is 23.1. The average Bonchev–Trinajstić information content (AvgIpc) is 2.72. The Bertz CT molecular complexity index is 908. The number of hydrogen-bond donors (Lipinski definition) is 0. The highest BCUT2D eigenvalue weighted by atomic mass is 32.2. The summed E-state index contributed by atoms with van der Waals surface area (Å²) in [5.74, 6) is 3.70. The van der Waals surface area contributed by atoms with E-state index in [1.165, 1.54) is 0 Å². The van der Waals surface area contributed by atoms with Gasteiger partial charge in [0, 0.05) is 6.54 Å². The number of rotatable bonds is 8. The summed E-state index contributed by atoms with van der Waals surface area (Å²) in [5.41, 5.74) is 5.79. The molecule has 0 spiro atoms. The molecule has 0 bridgehead atoms. The Morgan fingerprint density at radius 2 is 1.50 bits per heavy atom. The normalized spacial score (nSPS) is 17.0. The second kappa shape index (κ2) is 10.7. The summed E-state index contributed by atoms with van der Waals surface area (Å²) in [5, 5.41) is 0. The molecule has 1 saturated carbocycles. The van der Waals surface area contributed by atoms with Crippen LogP contribution in [0.4, 0.5) is 0 Å². The molecular weight excluding hydrogens is 430 g/mol. The molecule has 0 amide bonds. The van der Waals surface area contributed by atoms with Gasteiger partial charge in [-0.05, 0) is 48.5 Å². The number of aryl methyl sites for hydroxylation is 1. The second-order valence-electron chi connectivity index (χ2n) is 10.4. The van der Waals surface area contributed by atoms with Crippen LogP contribution in [0.1, 0.15) is 79.2 Å². The Morgan fingerprint density at radius 1 is 1.00 bits per heavy atom. The fourth-order valence-corrected chi connectivity index (χ4v) is 12.7. The van der Waals surface area contributed by atoms with Crippen LogP contribution < -0.4 is 0 Å². The summed E-state index contributed by atoms with van der Waals surface area (Å²) in [6.07, 6.45) is 6.44. The Morgan fingerprint density at radius 3 is 1.94 bits per heavy atom. The van der Waals surface area contributed by atoms with Gasteiger partial charge in [0.15, 0.2) is 0 Å². The minimum Gasteiger partial charge on any atom is -0.207 e. The number of hydrogen-bond acceptors (Lipinski definition) is 2. The topological polar surface area (TPSA) is 37.4 Å². The van der Waals surface area contributed by atoms with Crippen molar-refractivity contribution in [3.63, 3.8) is 0 Å². The second-order valence-corrected chi connectivity index (χ2v) is 17.8. The van der Waals surface area contributed by atoms with E-state index in [1.54, 1.807) is 22.5 Å². The highest BCUT2D eigenvalue weighted by Gasteiger charge is 2.46. The first-order valence-electron chi connectivity index (χ1n) is 12.2. The quantitative estimate of drug-likeness (QED) is 0.229. The van der Waals surface area contributed by atoms with Gasteiger partial charge in [0.05, 0.1) is 10.4 Å². The maximum Gasteiger partial charge on any atom is 0.244 e. The van der Waals surface area contributed by atoms with Crippen molar-refractivity contribution in [3.05, 3.63) is 42.5 Å². The largest absolute Gasteiger partial charge is 0.244 e. The molecule has 0 aromatic heterocycles. The van der Waals surface area contributed by atoms with Gasteiger partial charge in [0.25, 0.3) is 0 Å². The molecule has 32 heavy (non-hydrogen) atoms. The molecule has 5 heteroatoms. The summed E-state index contributed by atoms with van der Waals surface area (Å²) in [6, 6.07) is 7.18. The Balaban J connectivity index is 2.70. The fraction of sp³-hybridized carbons (Fsp3) is 0.630. The minimum absolute atomic E-state index is 0.282. The summed E-state index contributed by atoms with van der Waals surface area (Å²) in [4.78, 5) is 0.344. The van der Waals surface area contributed by atoms with Gasteiger partial charge in [-0.2, -0.15) is 4.31 Å². The molecule has 1 aliphatic carbocycles. The fourth-order valence-electron chi connectivity index (χ4n) is 5.69. The molecule has 0 aliphatic heterocycles. The standard InChI is InChI=1S/C27H43NO2SSi/c1-9-20-28(31(29,30)26-15-13-25(8)14-16-26)27(17-11-10-12-18-27)19-21-32(22(2)3,23(4)5)24(6)7/h9,13-16,22-24H,1,10-12,17-18,20H2,2-8H3. The van der Waals surface area contributed by atoms with Crippen molar-refractivity contribution < 1.29 is 8.42 Å². The Labute approximate surface area is 198 Å². The lowest BCUT2D eigenvalue weighted by atomic mass is 9.82. The van der Waals surface area contributed by atoms with Crippen LogP contribution in [0.5, 0.6) is 0 Å². The molecule has 2 rings (SSSR count). The van der Waals surface area contributed by atoms with E-state index >= 15 is 0 Å². The van der Waals surface area contributed by atoms with Gasteiger partial charge < -0.3 is 0 Å². The summed E-state index contributed by atoms with van der Waals surface area (Å²) < 4.78 is 29.4. The lowest BCUT2D eigenvalue weighted by Gasteiger charge is -2.43. The zero-order chi connectivity index (χ0) is 24.2. The van der Waals surface area contributed by atoms with Crippen LogP contribution in [0, 0.1) is 18.4 Å². The van der Waals surface area contributed by atoms with Gasteiger partial charge in [-0.1, -0.05) is 90.5 Å². The average molecular weight is 474 g/mol. The van der Waals surface area contributed by atoms with E-state index in [0.717, 1.165) is 37.7 Å². The van der Waals surface area contributed by atoms with Gasteiger partial charge in [-0.3, -0.25) is 0 Å². The van der Waals surface area contributed by atoms with E-state index in [2.05, 4.69) is 59.6 Å². The van der Waals surface area contributed by atoms with Crippen LogP contribution >= 0.6 is 0 Å². The van der Waals surface area contributed by atoms with E-state index in [-0.39, 0.29) is 6.54 Å². The number of nitrogens with zero attached hydrogens (tertiary/aromatic N) is 1. The van der Waals surface area contributed by atoms with E-state index < -0.39 is 23.6 Å². The molecular formula is C27H43NO2SSi. The molecule has 1 aliphatic rings. The van der Waals surface area contributed by atoms with Crippen LogP contribution in [-0.4, -0.2) is 32.9 Å². The molecule has 0 saturated heterocycles. The predicted molar refractivity (Wildman–Crippen MR) is 140 cm³/mol. The van der Waals surface area contributed by atoms with Gasteiger partial charge in [0.1, 0.15) is 8.07 Å². The monoisotopic (exact) mass is 473 g/mol. The maximum atomic E-state index is 13.9. The van der Waals surface area contributed by atoms with Gasteiger partial charge in [-0.25, -0.2) is 8.42 Å². The van der Waals surface area contributed by atoms with Crippen molar-refractivity contribution in [2.45, 2.75) is 108 Å². The first-order valence-corrected chi connectivity index (χ1v) is 15.9. The highest BCUT2D eigenvalue weighted by Crippen LogP contribution is 2.42. The molecule has 0 heterocycles. The van der Waals surface area contributed by atoms with E-state index in [1.807, 2.05) is 19.1 Å². The first kappa shape index (κ1) is 26.9. The molecule has 178 valence electrons.